The number of thiophene rings is 1. The number of aromatic nitrogens is 2. The van der Waals surface area contributed by atoms with Gasteiger partial charge in [-0.3, -0.25) is 4.98 Å². The van der Waals surface area contributed by atoms with E-state index < -0.39 is 0 Å². The smallest absolute Gasteiger partial charge is 0.150 e. The zero-order chi connectivity index (χ0) is 11.7. The van der Waals surface area contributed by atoms with E-state index in [-0.39, 0.29) is 0 Å². The van der Waals surface area contributed by atoms with Crippen LogP contribution >= 0.6 is 11.3 Å². The van der Waals surface area contributed by atoms with Crippen molar-refractivity contribution in [3.63, 3.8) is 0 Å². The van der Waals surface area contributed by atoms with Gasteiger partial charge in [-0.05, 0) is 24.3 Å². The van der Waals surface area contributed by atoms with Crippen molar-refractivity contribution in [1.29, 1.82) is 0 Å². The van der Waals surface area contributed by atoms with Crippen LogP contribution in [0.15, 0.2) is 29.9 Å². The van der Waals surface area contributed by atoms with E-state index >= 15 is 0 Å². The molecule has 1 fully saturated rings. The largest absolute Gasteiger partial charge is 0.382 e. The second-order valence-corrected chi connectivity index (χ2v) is 5.27. The molecule has 1 aliphatic carbocycles. The molecule has 17 heavy (non-hydrogen) atoms. The Morgan fingerprint density at radius 3 is 2.94 bits per heavy atom. The van der Waals surface area contributed by atoms with Crippen molar-refractivity contribution >= 4 is 23.0 Å². The Labute approximate surface area is 104 Å². The Morgan fingerprint density at radius 1 is 1.41 bits per heavy atom. The lowest BCUT2D eigenvalue weighted by Crippen LogP contribution is -2.25. The van der Waals surface area contributed by atoms with E-state index in [0.29, 0.717) is 11.9 Å². The van der Waals surface area contributed by atoms with Gasteiger partial charge >= 0.3 is 0 Å². The zero-order valence-corrected chi connectivity index (χ0v) is 10.2. The number of hydrogen-bond acceptors (Lipinski definition) is 5. The van der Waals surface area contributed by atoms with E-state index in [1.165, 1.54) is 17.7 Å². The standard InChI is InChI=1S/C12H14N4S/c13-11-6-14-7-12(15-11)16(9-3-4-9)8-10-2-1-5-17-10/h1-2,5-7,9H,3-4,8H2,(H2,13,15). The summed E-state index contributed by atoms with van der Waals surface area (Å²) in [7, 11) is 0. The summed E-state index contributed by atoms with van der Waals surface area (Å²) in [5, 5.41) is 2.10. The summed E-state index contributed by atoms with van der Waals surface area (Å²) in [6.45, 7) is 0.903. The van der Waals surface area contributed by atoms with Crippen molar-refractivity contribution in [3.8, 4) is 0 Å². The second kappa shape index (κ2) is 4.33. The van der Waals surface area contributed by atoms with Crippen LogP contribution in [-0.2, 0) is 6.54 Å². The van der Waals surface area contributed by atoms with Crippen molar-refractivity contribution < 1.29 is 0 Å². The Kier molecular flexibility index (Phi) is 2.68. The monoisotopic (exact) mass is 246 g/mol. The highest BCUT2D eigenvalue weighted by Crippen LogP contribution is 2.32. The first-order valence-corrected chi connectivity index (χ1v) is 6.57. The summed E-state index contributed by atoms with van der Waals surface area (Å²) in [5.41, 5.74) is 5.69. The summed E-state index contributed by atoms with van der Waals surface area (Å²) in [4.78, 5) is 12.1. The first kappa shape index (κ1) is 10.5. The molecule has 2 aromatic heterocycles. The molecule has 2 heterocycles. The van der Waals surface area contributed by atoms with Crippen LogP contribution in [0.4, 0.5) is 11.6 Å². The average molecular weight is 246 g/mol. The quantitative estimate of drug-likeness (QED) is 0.899. The molecule has 0 aromatic carbocycles. The first-order chi connectivity index (χ1) is 8.33. The zero-order valence-electron chi connectivity index (χ0n) is 9.41. The van der Waals surface area contributed by atoms with Crippen LogP contribution < -0.4 is 10.6 Å². The van der Waals surface area contributed by atoms with Crippen molar-refractivity contribution in [3.05, 3.63) is 34.8 Å². The Balaban J connectivity index is 1.85. The Morgan fingerprint density at radius 2 is 2.29 bits per heavy atom. The molecule has 0 unspecified atom stereocenters. The SMILES string of the molecule is Nc1cncc(N(Cc2cccs2)C2CC2)n1. The highest BCUT2D eigenvalue weighted by Gasteiger charge is 2.30. The van der Waals surface area contributed by atoms with E-state index in [1.54, 1.807) is 23.7 Å². The van der Waals surface area contributed by atoms with Crippen LogP contribution in [0.25, 0.3) is 0 Å². The third-order valence-electron chi connectivity index (χ3n) is 2.83. The Bertz CT molecular complexity index is 493. The molecule has 2 N–H and O–H groups in total. The lowest BCUT2D eigenvalue weighted by atomic mass is 10.4. The van der Waals surface area contributed by atoms with Gasteiger partial charge in [0.05, 0.1) is 18.9 Å². The minimum atomic E-state index is 0.485. The van der Waals surface area contributed by atoms with Gasteiger partial charge in [-0.2, -0.15) is 0 Å². The van der Waals surface area contributed by atoms with Gasteiger partial charge in [-0.25, -0.2) is 4.98 Å². The topological polar surface area (TPSA) is 55.0 Å². The fraction of sp³-hybridized carbons (Fsp3) is 0.333. The Hall–Kier alpha value is -1.62. The maximum Gasteiger partial charge on any atom is 0.150 e. The van der Waals surface area contributed by atoms with Gasteiger partial charge in [0.2, 0.25) is 0 Å². The number of rotatable bonds is 4. The number of nitrogens with zero attached hydrogens (tertiary/aromatic N) is 3. The van der Waals surface area contributed by atoms with Crippen LogP contribution in [0.3, 0.4) is 0 Å². The van der Waals surface area contributed by atoms with E-state index in [0.717, 1.165) is 12.4 Å². The van der Waals surface area contributed by atoms with Crippen molar-refractivity contribution in [2.45, 2.75) is 25.4 Å². The summed E-state index contributed by atoms with van der Waals surface area (Å²) < 4.78 is 0. The summed E-state index contributed by atoms with van der Waals surface area (Å²) in [5.74, 6) is 1.38. The molecule has 0 saturated heterocycles. The summed E-state index contributed by atoms with van der Waals surface area (Å²) in [6.07, 6.45) is 5.85. The predicted octanol–water partition coefficient (Wildman–Crippen LogP) is 2.29. The fourth-order valence-electron chi connectivity index (χ4n) is 1.86. The molecule has 88 valence electrons. The lowest BCUT2D eigenvalue weighted by molar-refractivity contribution is 0.783. The third-order valence-corrected chi connectivity index (χ3v) is 3.69. The first-order valence-electron chi connectivity index (χ1n) is 5.69. The summed E-state index contributed by atoms with van der Waals surface area (Å²) >= 11 is 1.77. The lowest BCUT2D eigenvalue weighted by Gasteiger charge is -2.22. The van der Waals surface area contributed by atoms with Gasteiger partial charge in [0.25, 0.3) is 0 Å². The molecular formula is C12H14N4S. The van der Waals surface area contributed by atoms with Crippen molar-refractivity contribution in [2.75, 3.05) is 10.6 Å². The molecule has 2 aromatic rings. The summed E-state index contributed by atoms with van der Waals surface area (Å²) in [6, 6.07) is 4.84. The maximum absolute atomic E-state index is 5.69. The third kappa shape index (κ3) is 2.39. The number of anilines is 2. The highest BCUT2D eigenvalue weighted by atomic mass is 32.1. The molecule has 4 nitrogen and oxygen atoms in total. The molecule has 0 radical (unpaired) electrons. The van der Waals surface area contributed by atoms with Crippen LogP contribution in [0.1, 0.15) is 17.7 Å². The molecule has 0 aliphatic heterocycles. The minimum absolute atomic E-state index is 0.485. The number of nitrogen functional groups attached to an aromatic ring is 1. The van der Waals surface area contributed by atoms with Crippen LogP contribution in [-0.4, -0.2) is 16.0 Å². The van der Waals surface area contributed by atoms with Crippen molar-refractivity contribution in [2.24, 2.45) is 0 Å². The fourth-order valence-corrected chi connectivity index (χ4v) is 2.57. The molecule has 0 amide bonds. The van der Waals surface area contributed by atoms with Gasteiger partial charge in [0.1, 0.15) is 11.6 Å². The van der Waals surface area contributed by atoms with Crippen LogP contribution in [0.2, 0.25) is 0 Å². The molecule has 0 spiro atoms. The van der Waals surface area contributed by atoms with E-state index in [2.05, 4.69) is 32.4 Å². The molecule has 5 heteroatoms. The number of nitrogens with two attached hydrogens (primary N) is 1. The second-order valence-electron chi connectivity index (χ2n) is 4.24. The van der Waals surface area contributed by atoms with Gasteiger partial charge in [0, 0.05) is 10.9 Å². The molecule has 0 atom stereocenters. The number of hydrogen-bond donors (Lipinski definition) is 1. The minimum Gasteiger partial charge on any atom is -0.382 e. The van der Waals surface area contributed by atoms with Crippen LogP contribution in [0.5, 0.6) is 0 Å². The molecule has 3 rings (SSSR count). The average Bonchev–Trinajstić information content (AvgIpc) is 3.03. The van der Waals surface area contributed by atoms with Gasteiger partial charge in [-0.15, -0.1) is 11.3 Å². The molecular weight excluding hydrogens is 232 g/mol. The van der Waals surface area contributed by atoms with Gasteiger partial charge in [-0.1, -0.05) is 6.07 Å². The predicted molar refractivity (Wildman–Crippen MR) is 70.0 cm³/mol. The normalized spacial score (nSPS) is 14.8. The van der Waals surface area contributed by atoms with Gasteiger partial charge < -0.3 is 10.6 Å². The highest BCUT2D eigenvalue weighted by molar-refractivity contribution is 7.09. The maximum atomic E-state index is 5.69. The van der Waals surface area contributed by atoms with Gasteiger partial charge in [0.15, 0.2) is 0 Å². The van der Waals surface area contributed by atoms with E-state index in [9.17, 15) is 0 Å². The van der Waals surface area contributed by atoms with E-state index in [1.807, 2.05) is 0 Å². The molecule has 0 bridgehead atoms. The molecule has 1 saturated carbocycles. The molecule has 1 aliphatic rings. The van der Waals surface area contributed by atoms with E-state index in [4.69, 9.17) is 5.73 Å². The van der Waals surface area contributed by atoms with Crippen molar-refractivity contribution in [1.82, 2.24) is 9.97 Å². The van der Waals surface area contributed by atoms with Crippen LogP contribution in [0, 0.1) is 0 Å².